The first-order chi connectivity index (χ1) is 10.6. The molecule has 22 heavy (non-hydrogen) atoms. The van der Waals surface area contributed by atoms with Crippen LogP contribution in [0, 0.1) is 11.8 Å². The van der Waals surface area contributed by atoms with Crippen LogP contribution in [0.15, 0.2) is 18.2 Å². The number of carboxylic acid groups (broad SMARTS) is 1. The lowest BCUT2D eigenvalue weighted by atomic mass is 10.0. The monoisotopic (exact) mass is 303 g/mol. The summed E-state index contributed by atoms with van der Waals surface area (Å²) < 4.78 is 10.7. The predicted molar refractivity (Wildman–Crippen MR) is 75.5 cm³/mol. The number of amides is 1. The number of hydrogen-bond donors (Lipinski definition) is 1. The predicted octanol–water partition coefficient (Wildman–Crippen LogP) is 1.80. The van der Waals surface area contributed by atoms with Gasteiger partial charge in [0.2, 0.25) is 12.7 Å². The quantitative estimate of drug-likeness (QED) is 0.921. The number of carbonyl (C=O) groups excluding carboxylic acids is 1. The van der Waals surface area contributed by atoms with E-state index in [9.17, 15) is 9.59 Å². The second-order valence-electron chi connectivity index (χ2n) is 6.09. The number of ether oxygens (including phenoxy) is 2. The Morgan fingerprint density at radius 3 is 2.77 bits per heavy atom. The molecule has 1 aromatic rings. The van der Waals surface area contributed by atoms with Crippen molar-refractivity contribution in [3.05, 3.63) is 23.8 Å². The van der Waals surface area contributed by atoms with Crippen LogP contribution in [0.1, 0.15) is 30.9 Å². The van der Waals surface area contributed by atoms with E-state index >= 15 is 0 Å². The van der Waals surface area contributed by atoms with Gasteiger partial charge in [0.1, 0.15) is 0 Å². The van der Waals surface area contributed by atoms with Gasteiger partial charge < -0.3 is 19.5 Å². The third-order valence-electron chi connectivity index (χ3n) is 4.74. The first-order valence-electron chi connectivity index (χ1n) is 7.58. The number of carbonyl (C=O) groups is 2. The number of carboxylic acids is 1. The molecular formula is C16H17NO5. The number of aliphatic carboxylic acids is 1. The highest BCUT2D eigenvalue weighted by atomic mass is 16.7. The molecule has 0 radical (unpaired) electrons. The molecule has 2 fully saturated rings. The molecule has 1 saturated carbocycles. The number of rotatable bonds is 3. The summed E-state index contributed by atoms with van der Waals surface area (Å²) in [6.07, 6.45) is 2.31. The molecule has 1 amide bonds. The number of benzene rings is 1. The van der Waals surface area contributed by atoms with Crippen molar-refractivity contribution in [2.24, 2.45) is 11.8 Å². The van der Waals surface area contributed by atoms with Crippen LogP contribution >= 0.6 is 0 Å². The summed E-state index contributed by atoms with van der Waals surface area (Å²) in [4.78, 5) is 25.4. The second kappa shape index (κ2) is 4.90. The molecule has 1 aromatic carbocycles. The average molecular weight is 303 g/mol. The molecule has 1 aliphatic carbocycles. The SMILES string of the molecule is O=C(O)[C@@H]1C[C@@H]1C(=O)N1CCC[C@@H]1c1ccc2c(c1)OCO2. The molecule has 3 atom stereocenters. The van der Waals surface area contributed by atoms with E-state index in [1.165, 1.54) is 0 Å². The lowest BCUT2D eigenvalue weighted by Crippen LogP contribution is -2.32. The van der Waals surface area contributed by atoms with Gasteiger partial charge in [-0.2, -0.15) is 0 Å². The lowest BCUT2D eigenvalue weighted by molar-refractivity contribution is -0.142. The van der Waals surface area contributed by atoms with Gasteiger partial charge in [-0.25, -0.2) is 0 Å². The Kier molecular flexibility index (Phi) is 2.99. The summed E-state index contributed by atoms with van der Waals surface area (Å²) in [5.41, 5.74) is 1.03. The Morgan fingerprint density at radius 2 is 2.00 bits per heavy atom. The zero-order chi connectivity index (χ0) is 15.3. The highest BCUT2D eigenvalue weighted by Gasteiger charge is 2.51. The van der Waals surface area contributed by atoms with Crippen LogP contribution < -0.4 is 9.47 Å². The summed E-state index contributed by atoms with van der Waals surface area (Å²) in [6.45, 7) is 0.926. The van der Waals surface area contributed by atoms with Crippen molar-refractivity contribution in [2.45, 2.75) is 25.3 Å². The van der Waals surface area contributed by atoms with E-state index in [1.54, 1.807) is 0 Å². The minimum Gasteiger partial charge on any atom is -0.481 e. The fourth-order valence-corrected chi connectivity index (χ4v) is 3.45. The Morgan fingerprint density at radius 1 is 1.18 bits per heavy atom. The molecule has 0 bridgehead atoms. The highest BCUT2D eigenvalue weighted by molar-refractivity contribution is 5.89. The van der Waals surface area contributed by atoms with Gasteiger partial charge in [-0.3, -0.25) is 9.59 Å². The van der Waals surface area contributed by atoms with E-state index in [0.29, 0.717) is 18.7 Å². The largest absolute Gasteiger partial charge is 0.481 e. The summed E-state index contributed by atoms with van der Waals surface area (Å²) in [7, 11) is 0. The lowest BCUT2D eigenvalue weighted by Gasteiger charge is -2.25. The number of likely N-dealkylation sites (tertiary alicyclic amines) is 1. The van der Waals surface area contributed by atoms with Crippen LogP contribution in [0.5, 0.6) is 11.5 Å². The first-order valence-corrected chi connectivity index (χ1v) is 7.58. The molecule has 2 aliphatic heterocycles. The van der Waals surface area contributed by atoms with Crippen LogP contribution in [0.2, 0.25) is 0 Å². The summed E-state index contributed by atoms with van der Waals surface area (Å²) in [5.74, 6) is -0.276. The van der Waals surface area contributed by atoms with Gasteiger partial charge in [0.25, 0.3) is 0 Å². The van der Waals surface area contributed by atoms with Crippen LogP contribution in [-0.2, 0) is 9.59 Å². The molecule has 116 valence electrons. The third-order valence-corrected chi connectivity index (χ3v) is 4.74. The van der Waals surface area contributed by atoms with E-state index in [1.807, 2.05) is 23.1 Å². The topological polar surface area (TPSA) is 76.1 Å². The van der Waals surface area contributed by atoms with E-state index < -0.39 is 11.9 Å². The van der Waals surface area contributed by atoms with Gasteiger partial charge in [-0.1, -0.05) is 6.07 Å². The minimum atomic E-state index is -0.864. The van der Waals surface area contributed by atoms with Gasteiger partial charge in [-0.05, 0) is 37.0 Å². The van der Waals surface area contributed by atoms with Crippen LogP contribution in [0.25, 0.3) is 0 Å². The smallest absolute Gasteiger partial charge is 0.307 e. The summed E-state index contributed by atoms with van der Waals surface area (Å²) >= 11 is 0. The normalized spacial score (nSPS) is 28.7. The maximum absolute atomic E-state index is 12.5. The number of nitrogens with zero attached hydrogens (tertiary/aromatic N) is 1. The van der Waals surface area contributed by atoms with Crippen molar-refractivity contribution in [1.82, 2.24) is 4.90 Å². The van der Waals surface area contributed by atoms with E-state index in [4.69, 9.17) is 14.6 Å². The van der Waals surface area contributed by atoms with Gasteiger partial charge >= 0.3 is 5.97 Å². The first kappa shape index (κ1) is 13.4. The van der Waals surface area contributed by atoms with Crippen LogP contribution in [0.3, 0.4) is 0 Å². The Hall–Kier alpha value is -2.24. The summed E-state index contributed by atoms with van der Waals surface area (Å²) in [6, 6.07) is 5.78. The molecule has 3 aliphatic rings. The molecule has 6 nitrogen and oxygen atoms in total. The summed E-state index contributed by atoms with van der Waals surface area (Å²) in [5, 5.41) is 9.00. The molecule has 0 aromatic heterocycles. The minimum absolute atomic E-state index is 0.0112. The molecule has 1 saturated heterocycles. The van der Waals surface area contributed by atoms with Crippen molar-refractivity contribution >= 4 is 11.9 Å². The number of hydrogen-bond acceptors (Lipinski definition) is 4. The third kappa shape index (κ3) is 2.10. The molecule has 0 spiro atoms. The Balaban J connectivity index is 1.54. The Bertz CT molecular complexity index is 643. The van der Waals surface area contributed by atoms with Gasteiger partial charge in [-0.15, -0.1) is 0 Å². The second-order valence-corrected chi connectivity index (χ2v) is 6.09. The fraction of sp³-hybridized carbons (Fsp3) is 0.500. The van der Waals surface area contributed by atoms with Gasteiger partial charge in [0.15, 0.2) is 11.5 Å². The van der Waals surface area contributed by atoms with E-state index in [0.717, 1.165) is 24.2 Å². The van der Waals surface area contributed by atoms with Crippen molar-refractivity contribution in [3.63, 3.8) is 0 Å². The fourth-order valence-electron chi connectivity index (χ4n) is 3.45. The van der Waals surface area contributed by atoms with Crippen molar-refractivity contribution in [2.75, 3.05) is 13.3 Å². The standard InChI is InChI=1S/C16H17NO5/c18-15(10-7-11(10)16(19)20)17-5-1-2-12(17)9-3-4-13-14(6-9)22-8-21-13/h3-4,6,10-12H,1-2,5,7-8H2,(H,19,20)/t10-,11+,12+/m0/s1. The van der Waals surface area contributed by atoms with Gasteiger partial charge in [0.05, 0.1) is 17.9 Å². The molecule has 0 unspecified atom stereocenters. The van der Waals surface area contributed by atoms with Crippen molar-refractivity contribution < 1.29 is 24.2 Å². The van der Waals surface area contributed by atoms with Crippen LogP contribution in [-0.4, -0.2) is 35.2 Å². The molecule has 4 rings (SSSR count). The van der Waals surface area contributed by atoms with Crippen molar-refractivity contribution in [1.29, 1.82) is 0 Å². The molecular weight excluding hydrogens is 286 g/mol. The zero-order valence-corrected chi connectivity index (χ0v) is 12.0. The van der Waals surface area contributed by atoms with E-state index in [2.05, 4.69) is 0 Å². The average Bonchev–Trinajstić information content (AvgIpc) is 2.95. The zero-order valence-electron chi connectivity index (χ0n) is 12.0. The van der Waals surface area contributed by atoms with E-state index in [-0.39, 0.29) is 24.7 Å². The Labute approximate surface area is 127 Å². The maximum atomic E-state index is 12.5. The number of fused-ring (bicyclic) bond motifs is 1. The highest BCUT2D eigenvalue weighted by Crippen LogP contribution is 2.44. The van der Waals surface area contributed by atoms with Crippen molar-refractivity contribution in [3.8, 4) is 11.5 Å². The molecule has 1 N–H and O–H groups in total. The molecule has 6 heteroatoms. The maximum Gasteiger partial charge on any atom is 0.307 e. The molecule has 2 heterocycles. The van der Waals surface area contributed by atoms with Crippen LogP contribution in [0.4, 0.5) is 0 Å². The van der Waals surface area contributed by atoms with Gasteiger partial charge in [0, 0.05) is 6.54 Å².